The molecule has 0 fully saturated rings. The Morgan fingerprint density at radius 1 is 1.05 bits per heavy atom. The lowest BCUT2D eigenvalue weighted by molar-refractivity contribution is -0.136. The number of nitrogens with one attached hydrogen (secondary N) is 1. The van der Waals surface area contributed by atoms with Crippen molar-refractivity contribution < 1.29 is 33.5 Å². The zero-order chi connectivity index (χ0) is 27.8. The standard InChI is InChI=1S/C26H21FN4O6S2/c1-36-19-6-2-3-7-20(19)37-31(17-11-9-16(27)10-12-17)23(33)15-21(32)30-26-29-18(14-24(34)35)25(39-26)38-22-8-4-5-13-28-22/h2-13H,14-15H2,1H3,(H,34,35)(H,29,30,32). The van der Waals surface area contributed by atoms with E-state index in [0.717, 1.165) is 28.5 Å². The average Bonchev–Trinajstić information content (AvgIpc) is 3.27. The van der Waals surface area contributed by atoms with Gasteiger partial charge in [-0.1, -0.05) is 41.3 Å². The van der Waals surface area contributed by atoms with Crippen molar-refractivity contribution in [1.82, 2.24) is 9.97 Å². The lowest BCUT2D eigenvalue weighted by Crippen LogP contribution is -2.36. The average molecular weight is 569 g/mol. The third kappa shape index (κ3) is 7.52. The number of rotatable bonds is 11. The molecule has 0 aliphatic heterocycles. The summed E-state index contributed by atoms with van der Waals surface area (Å²) in [5, 5.41) is 13.4. The Bertz CT molecular complexity index is 1470. The first-order valence-corrected chi connectivity index (χ1v) is 13.0. The number of hydrogen-bond acceptors (Lipinski definition) is 9. The second kappa shape index (κ2) is 12.8. The van der Waals surface area contributed by atoms with E-state index in [4.69, 9.17) is 9.57 Å². The summed E-state index contributed by atoms with van der Waals surface area (Å²) in [6, 6.07) is 16.9. The van der Waals surface area contributed by atoms with Gasteiger partial charge < -0.3 is 20.0 Å². The van der Waals surface area contributed by atoms with Crippen LogP contribution in [0.4, 0.5) is 15.2 Å². The summed E-state index contributed by atoms with van der Waals surface area (Å²) in [6.45, 7) is 0. The van der Waals surface area contributed by atoms with Crippen molar-refractivity contribution in [3.63, 3.8) is 0 Å². The van der Waals surface area contributed by atoms with Gasteiger partial charge in [-0.2, -0.15) is 0 Å². The van der Waals surface area contributed by atoms with Crippen LogP contribution >= 0.6 is 23.1 Å². The van der Waals surface area contributed by atoms with Crippen molar-refractivity contribution in [3.8, 4) is 11.5 Å². The second-order valence-electron chi connectivity index (χ2n) is 7.73. The summed E-state index contributed by atoms with van der Waals surface area (Å²) >= 11 is 2.29. The molecular weight excluding hydrogens is 547 g/mol. The van der Waals surface area contributed by atoms with Crippen LogP contribution < -0.4 is 20.0 Å². The minimum Gasteiger partial charge on any atom is -0.493 e. The molecule has 4 rings (SSSR count). The third-order valence-corrected chi connectivity index (χ3v) is 7.10. The van der Waals surface area contributed by atoms with E-state index in [-0.39, 0.29) is 28.7 Å². The Morgan fingerprint density at radius 3 is 2.44 bits per heavy atom. The summed E-state index contributed by atoms with van der Waals surface area (Å²) < 4.78 is 19.3. The molecule has 0 atom stereocenters. The molecule has 0 saturated carbocycles. The zero-order valence-electron chi connectivity index (χ0n) is 20.4. The minimum absolute atomic E-state index is 0.126. The van der Waals surface area contributed by atoms with Crippen LogP contribution in [0.15, 0.2) is 82.2 Å². The number of methoxy groups -OCH3 is 1. The van der Waals surface area contributed by atoms with Crippen LogP contribution in [0.2, 0.25) is 0 Å². The molecule has 2 heterocycles. The number of halogens is 1. The van der Waals surface area contributed by atoms with E-state index in [1.54, 1.807) is 48.7 Å². The zero-order valence-corrected chi connectivity index (χ0v) is 22.0. The number of hydroxylamine groups is 1. The lowest BCUT2D eigenvalue weighted by Gasteiger charge is -2.23. The number of nitrogens with zero attached hydrogens (tertiary/aromatic N) is 3. The summed E-state index contributed by atoms with van der Waals surface area (Å²) in [6.07, 6.45) is 0.600. The Balaban J connectivity index is 1.52. The van der Waals surface area contributed by atoms with E-state index >= 15 is 0 Å². The molecule has 2 aromatic carbocycles. The summed E-state index contributed by atoms with van der Waals surface area (Å²) in [4.78, 5) is 51.6. The maximum atomic E-state index is 13.5. The van der Waals surface area contributed by atoms with E-state index in [9.17, 15) is 23.9 Å². The van der Waals surface area contributed by atoms with Gasteiger partial charge in [0.1, 0.15) is 17.3 Å². The largest absolute Gasteiger partial charge is 0.493 e. The quantitative estimate of drug-likeness (QED) is 0.193. The molecule has 4 aromatic rings. The number of carboxylic acid groups (broad SMARTS) is 1. The van der Waals surface area contributed by atoms with Gasteiger partial charge in [-0.3, -0.25) is 14.4 Å². The predicted molar refractivity (Wildman–Crippen MR) is 143 cm³/mol. The molecule has 13 heteroatoms. The molecule has 0 aliphatic carbocycles. The number of aromatic nitrogens is 2. The molecule has 2 amide bonds. The van der Waals surface area contributed by atoms with Gasteiger partial charge in [0.25, 0.3) is 5.91 Å². The fourth-order valence-corrected chi connectivity index (χ4v) is 5.29. The van der Waals surface area contributed by atoms with Crippen LogP contribution in [0, 0.1) is 5.82 Å². The minimum atomic E-state index is -1.08. The molecule has 39 heavy (non-hydrogen) atoms. The van der Waals surface area contributed by atoms with Crippen LogP contribution in [0.1, 0.15) is 12.1 Å². The van der Waals surface area contributed by atoms with Crippen molar-refractivity contribution in [1.29, 1.82) is 0 Å². The normalized spacial score (nSPS) is 10.5. The van der Waals surface area contributed by atoms with Gasteiger partial charge in [0, 0.05) is 6.20 Å². The van der Waals surface area contributed by atoms with Gasteiger partial charge in [-0.15, -0.1) is 5.06 Å². The number of carboxylic acids is 1. The van der Waals surface area contributed by atoms with Gasteiger partial charge in [0.05, 0.1) is 29.1 Å². The highest BCUT2D eigenvalue weighted by Gasteiger charge is 2.24. The summed E-state index contributed by atoms with van der Waals surface area (Å²) in [7, 11) is 1.44. The fourth-order valence-electron chi connectivity index (χ4n) is 3.22. The number of ether oxygens (including phenoxy) is 1. The number of carbonyl (C=O) groups excluding carboxylic acids is 2. The Kier molecular flexibility index (Phi) is 9.07. The van der Waals surface area contributed by atoms with Gasteiger partial charge in [-0.25, -0.2) is 14.4 Å². The van der Waals surface area contributed by atoms with Crippen molar-refractivity contribution >= 4 is 51.7 Å². The van der Waals surface area contributed by atoms with E-state index in [1.807, 2.05) is 0 Å². The molecule has 0 unspecified atom stereocenters. The highest BCUT2D eigenvalue weighted by atomic mass is 32.2. The molecular formula is C26H21FN4O6S2. The van der Waals surface area contributed by atoms with Crippen LogP contribution in [0.5, 0.6) is 11.5 Å². The number of benzene rings is 2. The summed E-state index contributed by atoms with van der Waals surface area (Å²) in [5.41, 5.74) is 0.448. The SMILES string of the molecule is COc1ccccc1ON(C(=O)CC(=O)Nc1nc(CC(=O)O)c(Sc2ccccn2)s1)c1ccc(F)cc1. The second-order valence-corrected chi connectivity index (χ2v) is 10.0. The van der Waals surface area contributed by atoms with E-state index in [1.165, 1.54) is 31.0 Å². The van der Waals surface area contributed by atoms with Gasteiger partial charge in [-0.05, 0) is 48.5 Å². The number of aliphatic carboxylic acids is 1. The maximum absolute atomic E-state index is 13.5. The van der Waals surface area contributed by atoms with E-state index in [0.29, 0.717) is 15.0 Å². The van der Waals surface area contributed by atoms with Gasteiger partial charge in [0.2, 0.25) is 5.91 Å². The molecule has 10 nitrogen and oxygen atoms in total. The van der Waals surface area contributed by atoms with Gasteiger partial charge >= 0.3 is 5.97 Å². The number of anilines is 2. The van der Waals surface area contributed by atoms with E-state index in [2.05, 4.69) is 15.3 Å². The van der Waals surface area contributed by atoms with E-state index < -0.39 is 30.0 Å². The number of thiazole rings is 1. The maximum Gasteiger partial charge on any atom is 0.309 e. The molecule has 0 spiro atoms. The molecule has 0 saturated heterocycles. The number of pyridine rings is 1. The van der Waals surface area contributed by atoms with Crippen molar-refractivity contribution in [3.05, 3.63) is 84.4 Å². The van der Waals surface area contributed by atoms with Crippen molar-refractivity contribution in [2.24, 2.45) is 0 Å². The number of amides is 2. The molecule has 200 valence electrons. The monoisotopic (exact) mass is 568 g/mol. The molecule has 0 radical (unpaired) electrons. The lowest BCUT2D eigenvalue weighted by atomic mass is 10.3. The summed E-state index contributed by atoms with van der Waals surface area (Å²) in [5.74, 6) is -2.52. The highest BCUT2D eigenvalue weighted by Crippen LogP contribution is 2.37. The molecule has 2 aromatic heterocycles. The Labute approximate surface area is 230 Å². The predicted octanol–water partition coefficient (Wildman–Crippen LogP) is 4.82. The number of carbonyl (C=O) groups is 3. The smallest absolute Gasteiger partial charge is 0.309 e. The molecule has 2 N–H and O–H groups in total. The highest BCUT2D eigenvalue weighted by molar-refractivity contribution is 8.01. The number of hydrogen-bond donors (Lipinski definition) is 2. The van der Waals surface area contributed by atoms with Crippen LogP contribution in [0.25, 0.3) is 0 Å². The topological polar surface area (TPSA) is 131 Å². The van der Waals surface area contributed by atoms with Gasteiger partial charge in [0.15, 0.2) is 16.6 Å². The van der Waals surface area contributed by atoms with Crippen molar-refractivity contribution in [2.75, 3.05) is 17.5 Å². The number of para-hydroxylation sites is 2. The van der Waals surface area contributed by atoms with Crippen molar-refractivity contribution in [2.45, 2.75) is 22.1 Å². The van der Waals surface area contributed by atoms with Crippen LogP contribution in [-0.2, 0) is 20.8 Å². The molecule has 0 bridgehead atoms. The first-order valence-electron chi connectivity index (χ1n) is 11.3. The fraction of sp³-hybridized carbons (Fsp3) is 0.115. The Hall–Kier alpha value is -4.49. The first kappa shape index (κ1) is 27.5. The third-order valence-electron chi connectivity index (χ3n) is 4.92. The van der Waals surface area contributed by atoms with Crippen LogP contribution in [0.3, 0.4) is 0 Å². The molecule has 0 aliphatic rings. The van der Waals surface area contributed by atoms with Crippen LogP contribution in [-0.4, -0.2) is 40.0 Å². The Morgan fingerprint density at radius 2 is 1.77 bits per heavy atom. The first-order chi connectivity index (χ1) is 18.8.